The van der Waals surface area contributed by atoms with E-state index in [0.717, 1.165) is 10.9 Å². The largest absolute Gasteiger partial charge is 0.482 e. The smallest absolute Gasteiger partial charge is 0.344 e. The molecular formula is C22H20N2O7. The number of amides is 2. The first-order valence-electron chi connectivity index (χ1n) is 9.30. The van der Waals surface area contributed by atoms with Crippen molar-refractivity contribution in [2.75, 3.05) is 23.8 Å². The maximum atomic E-state index is 11.9. The number of carbonyl (C=O) groups excluding carboxylic acids is 3. The zero-order chi connectivity index (χ0) is 22.4. The fraction of sp³-hybridized carbons (Fsp3) is 0.182. The van der Waals surface area contributed by atoms with Crippen LogP contribution in [-0.4, -0.2) is 31.0 Å². The van der Waals surface area contributed by atoms with E-state index in [1.54, 1.807) is 43.3 Å². The number of carbonyl (C=O) groups is 3. The number of fused-ring (bicyclic) bond motifs is 1. The highest BCUT2D eigenvalue weighted by molar-refractivity contribution is 5.93. The lowest BCUT2D eigenvalue weighted by Gasteiger charge is -2.09. The van der Waals surface area contributed by atoms with Crippen molar-refractivity contribution in [2.24, 2.45) is 0 Å². The van der Waals surface area contributed by atoms with Crippen LogP contribution >= 0.6 is 0 Å². The molecule has 160 valence electrons. The van der Waals surface area contributed by atoms with E-state index in [0.29, 0.717) is 22.7 Å². The lowest BCUT2D eigenvalue weighted by atomic mass is 10.1. The normalized spacial score (nSPS) is 10.4. The van der Waals surface area contributed by atoms with Crippen molar-refractivity contribution < 1.29 is 28.3 Å². The Morgan fingerprint density at radius 1 is 0.935 bits per heavy atom. The van der Waals surface area contributed by atoms with Crippen molar-refractivity contribution in [2.45, 2.75) is 13.8 Å². The molecule has 0 radical (unpaired) electrons. The third kappa shape index (κ3) is 6.17. The van der Waals surface area contributed by atoms with Crippen LogP contribution in [0.4, 0.5) is 11.4 Å². The topological polar surface area (TPSA) is 124 Å². The number of esters is 1. The molecule has 2 N–H and O–H groups in total. The van der Waals surface area contributed by atoms with Crippen LogP contribution in [0.2, 0.25) is 0 Å². The Kier molecular flexibility index (Phi) is 6.66. The standard InChI is InChI=1S/C22H20N2O7/c1-13-9-21(27)31-19-10-17(7-8-18(13)19)29-12-22(28)30-11-20(26)24-16-5-3-15(4-6-16)23-14(2)25/h3-10H,11-12H2,1-2H3,(H,23,25)(H,24,26). The Hall–Kier alpha value is -4.14. The summed E-state index contributed by atoms with van der Waals surface area (Å²) in [6.45, 7) is 2.29. The van der Waals surface area contributed by atoms with Crippen LogP contribution < -0.4 is 21.0 Å². The number of aryl methyl sites for hydroxylation is 1. The highest BCUT2D eigenvalue weighted by Crippen LogP contribution is 2.22. The third-order valence-electron chi connectivity index (χ3n) is 4.13. The van der Waals surface area contributed by atoms with Crippen LogP contribution in [0.3, 0.4) is 0 Å². The average molecular weight is 424 g/mol. The molecule has 0 spiro atoms. The summed E-state index contributed by atoms with van der Waals surface area (Å²) in [6.07, 6.45) is 0. The molecule has 0 fully saturated rings. The molecule has 1 aromatic heterocycles. The van der Waals surface area contributed by atoms with Gasteiger partial charge in [-0.2, -0.15) is 0 Å². The summed E-state index contributed by atoms with van der Waals surface area (Å²) >= 11 is 0. The second-order valence-corrected chi connectivity index (χ2v) is 6.66. The van der Waals surface area contributed by atoms with Crippen LogP contribution in [0.25, 0.3) is 11.0 Å². The first-order chi connectivity index (χ1) is 14.8. The average Bonchev–Trinajstić information content (AvgIpc) is 2.71. The molecule has 1 heterocycles. The van der Waals surface area contributed by atoms with Crippen molar-refractivity contribution >= 4 is 40.1 Å². The van der Waals surface area contributed by atoms with E-state index in [1.165, 1.54) is 19.1 Å². The first kappa shape index (κ1) is 21.6. The molecule has 0 atom stereocenters. The molecule has 0 saturated carbocycles. The number of benzene rings is 2. The van der Waals surface area contributed by atoms with Crippen LogP contribution in [0.5, 0.6) is 5.75 Å². The lowest BCUT2D eigenvalue weighted by Crippen LogP contribution is -2.23. The number of hydrogen-bond donors (Lipinski definition) is 2. The Morgan fingerprint density at radius 2 is 1.61 bits per heavy atom. The second kappa shape index (κ2) is 9.57. The van der Waals surface area contributed by atoms with Crippen molar-refractivity contribution in [3.63, 3.8) is 0 Å². The number of anilines is 2. The summed E-state index contributed by atoms with van der Waals surface area (Å²) in [6, 6.07) is 12.7. The summed E-state index contributed by atoms with van der Waals surface area (Å²) in [5.41, 5.74) is 1.72. The van der Waals surface area contributed by atoms with Gasteiger partial charge in [-0.15, -0.1) is 0 Å². The molecule has 2 aromatic carbocycles. The van der Waals surface area contributed by atoms with Crippen LogP contribution in [-0.2, 0) is 19.1 Å². The lowest BCUT2D eigenvalue weighted by molar-refractivity contribution is -0.149. The summed E-state index contributed by atoms with van der Waals surface area (Å²) in [5.74, 6) is -1.14. The monoisotopic (exact) mass is 424 g/mol. The summed E-state index contributed by atoms with van der Waals surface area (Å²) < 4.78 is 15.4. The molecule has 0 aliphatic rings. The maximum absolute atomic E-state index is 11.9. The van der Waals surface area contributed by atoms with Gasteiger partial charge >= 0.3 is 11.6 Å². The molecular weight excluding hydrogens is 404 g/mol. The summed E-state index contributed by atoms with van der Waals surface area (Å²) in [7, 11) is 0. The van der Waals surface area contributed by atoms with Gasteiger partial charge in [-0.3, -0.25) is 9.59 Å². The molecule has 0 bridgehead atoms. The number of hydrogen-bond acceptors (Lipinski definition) is 7. The van der Waals surface area contributed by atoms with Gasteiger partial charge < -0.3 is 24.5 Å². The highest BCUT2D eigenvalue weighted by Gasteiger charge is 2.10. The van der Waals surface area contributed by atoms with Gasteiger partial charge in [0.25, 0.3) is 5.91 Å². The molecule has 0 aliphatic heterocycles. The quantitative estimate of drug-likeness (QED) is 0.441. The predicted molar refractivity (Wildman–Crippen MR) is 113 cm³/mol. The Morgan fingerprint density at radius 3 is 2.29 bits per heavy atom. The van der Waals surface area contributed by atoms with Gasteiger partial charge in [-0.25, -0.2) is 9.59 Å². The zero-order valence-corrected chi connectivity index (χ0v) is 16.9. The van der Waals surface area contributed by atoms with Gasteiger partial charge in [0, 0.05) is 35.8 Å². The van der Waals surface area contributed by atoms with Crippen LogP contribution in [0, 0.1) is 6.92 Å². The maximum Gasteiger partial charge on any atom is 0.344 e. The van der Waals surface area contributed by atoms with Crippen LogP contribution in [0.15, 0.2) is 57.7 Å². The first-order valence-corrected chi connectivity index (χ1v) is 9.30. The zero-order valence-electron chi connectivity index (χ0n) is 16.9. The van der Waals surface area contributed by atoms with E-state index in [1.807, 2.05) is 0 Å². The van der Waals surface area contributed by atoms with Gasteiger partial charge in [-0.1, -0.05) is 0 Å². The van der Waals surface area contributed by atoms with E-state index >= 15 is 0 Å². The molecule has 3 aromatic rings. The van der Waals surface area contributed by atoms with Crippen molar-refractivity contribution in [1.29, 1.82) is 0 Å². The molecule has 9 nitrogen and oxygen atoms in total. The molecule has 0 unspecified atom stereocenters. The molecule has 2 amide bonds. The second-order valence-electron chi connectivity index (χ2n) is 6.66. The molecule has 0 saturated heterocycles. The van der Waals surface area contributed by atoms with E-state index in [4.69, 9.17) is 13.9 Å². The Balaban J connectivity index is 1.46. The van der Waals surface area contributed by atoms with E-state index in [2.05, 4.69) is 10.6 Å². The van der Waals surface area contributed by atoms with E-state index in [9.17, 15) is 19.2 Å². The minimum Gasteiger partial charge on any atom is -0.482 e. The van der Waals surface area contributed by atoms with Gasteiger partial charge in [0.1, 0.15) is 11.3 Å². The number of ether oxygens (including phenoxy) is 2. The Bertz CT molecular complexity index is 1180. The molecule has 0 aliphatic carbocycles. The van der Waals surface area contributed by atoms with Crippen molar-refractivity contribution in [1.82, 2.24) is 0 Å². The van der Waals surface area contributed by atoms with Gasteiger partial charge in [-0.05, 0) is 48.9 Å². The number of nitrogens with one attached hydrogen (secondary N) is 2. The van der Waals surface area contributed by atoms with Crippen molar-refractivity contribution in [3.8, 4) is 5.75 Å². The number of rotatable bonds is 7. The third-order valence-corrected chi connectivity index (χ3v) is 4.13. The Labute approximate surface area is 177 Å². The van der Waals surface area contributed by atoms with E-state index in [-0.39, 0.29) is 5.91 Å². The van der Waals surface area contributed by atoms with Gasteiger partial charge in [0.15, 0.2) is 13.2 Å². The summed E-state index contributed by atoms with van der Waals surface area (Å²) in [5, 5.41) is 5.94. The molecule has 9 heteroatoms. The van der Waals surface area contributed by atoms with Crippen molar-refractivity contribution in [3.05, 3.63) is 64.5 Å². The minimum absolute atomic E-state index is 0.200. The predicted octanol–water partition coefficient (Wildman–Crippen LogP) is 2.62. The fourth-order valence-corrected chi connectivity index (χ4v) is 2.76. The van der Waals surface area contributed by atoms with E-state index < -0.39 is 30.7 Å². The van der Waals surface area contributed by atoms with Gasteiger partial charge in [0.05, 0.1) is 0 Å². The molecule has 3 rings (SSSR count). The SMILES string of the molecule is CC(=O)Nc1ccc(NC(=O)COC(=O)COc2ccc3c(C)cc(=O)oc3c2)cc1. The summed E-state index contributed by atoms with van der Waals surface area (Å²) in [4.78, 5) is 46.3. The van der Waals surface area contributed by atoms with Crippen LogP contribution in [0.1, 0.15) is 12.5 Å². The highest BCUT2D eigenvalue weighted by atomic mass is 16.6. The molecule has 31 heavy (non-hydrogen) atoms. The van der Waals surface area contributed by atoms with Gasteiger partial charge in [0.2, 0.25) is 5.91 Å². The fourth-order valence-electron chi connectivity index (χ4n) is 2.76. The minimum atomic E-state index is -0.734.